The maximum atomic E-state index is 12.4. The zero-order valence-corrected chi connectivity index (χ0v) is 19.2. The minimum absolute atomic E-state index is 0.0887. The van der Waals surface area contributed by atoms with E-state index >= 15 is 0 Å². The van der Waals surface area contributed by atoms with Gasteiger partial charge < -0.3 is 14.6 Å². The maximum absolute atomic E-state index is 12.4. The number of thioether (sulfide) groups is 1. The van der Waals surface area contributed by atoms with Gasteiger partial charge in [-0.3, -0.25) is 4.79 Å². The molecular weight excluding hydrogens is 396 g/mol. The Morgan fingerprint density at radius 2 is 1.87 bits per heavy atom. The highest BCUT2D eigenvalue weighted by molar-refractivity contribution is 7.99. The van der Waals surface area contributed by atoms with E-state index in [-0.39, 0.29) is 5.91 Å². The lowest BCUT2D eigenvalue weighted by Gasteiger charge is -2.16. The van der Waals surface area contributed by atoms with Crippen LogP contribution in [0.3, 0.4) is 0 Å². The first-order valence-corrected chi connectivity index (χ1v) is 12.1. The second-order valence-electron chi connectivity index (χ2n) is 8.32. The molecule has 164 valence electrons. The number of rotatable bonds is 9. The van der Waals surface area contributed by atoms with Gasteiger partial charge in [0.05, 0.1) is 12.4 Å². The first-order valence-electron chi connectivity index (χ1n) is 11.2. The van der Waals surface area contributed by atoms with Crippen LogP contribution in [0.15, 0.2) is 29.4 Å². The minimum atomic E-state index is 0.0887. The lowest BCUT2D eigenvalue weighted by molar-refractivity contribution is -0.119. The number of benzene rings is 1. The van der Waals surface area contributed by atoms with Crippen molar-refractivity contribution in [2.45, 2.75) is 77.0 Å². The molecule has 0 radical (unpaired) electrons. The summed E-state index contributed by atoms with van der Waals surface area (Å²) in [6, 6.07) is 8.30. The lowest BCUT2D eigenvalue weighted by atomic mass is 10.1. The van der Waals surface area contributed by atoms with Crippen molar-refractivity contribution in [3.8, 4) is 17.1 Å². The molecule has 1 aliphatic carbocycles. The van der Waals surface area contributed by atoms with E-state index in [4.69, 9.17) is 4.74 Å². The summed E-state index contributed by atoms with van der Waals surface area (Å²) in [6.45, 7) is 7.79. The van der Waals surface area contributed by atoms with Crippen LogP contribution in [0.2, 0.25) is 0 Å². The fraction of sp³-hybridized carbons (Fsp3) is 0.609. The van der Waals surface area contributed by atoms with Crippen LogP contribution >= 0.6 is 11.8 Å². The fourth-order valence-electron chi connectivity index (χ4n) is 3.68. The van der Waals surface area contributed by atoms with E-state index in [9.17, 15) is 4.79 Å². The molecule has 0 aliphatic heterocycles. The average molecular weight is 431 g/mol. The third-order valence-electron chi connectivity index (χ3n) is 5.28. The van der Waals surface area contributed by atoms with Gasteiger partial charge in [-0.05, 0) is 49.9 Å². The molecule has 0 unspecified atom stereocenters. The summed E-state index contributed by atoms with van der Waals surface area (Å²) >= 11 is 1.46. The van der Waals surface area contributed by atoms with Crippen LogP contribution < -0.4 is 10.1 Å². The molecule has 0 spiro atoms. The zero-order valence-electron chi connectivity index (χ0n) is 18.4. The quantitative estimate of drug-likeness (QED) is 0.451. The van der Waals surface area contributed by atoms with Crippen molar-refractivity contribution in [2.75, 3.05) is 12.4 Å². The van der Waals surface area contributed by atoms with Crippen molar-refractivity contribution >= 4 is 17.7 Å². The van der Waals surface area contributed by atoms with E-state index in [2.05, 4.69) is 40.9 Å². The van der Waals surface area contributed by atoms with Gasteiger partial charge in [-0.15, -0.1) is 10.2 Å². The summed E-state index contributed by atoms with van der Waals surface area (Å²) < 4.78 is 7.83. The molecule has 2 aromatic rings. The molecule has 30 heavy (non-hydrogen) atoms. The SMILES string of the molecule is CCn1c(SCC(=O)NC2CCCCCC2)nnc1-c1ccc(OCC(C)C)cc1. The highest BCUT2D eigenvalue weighted by atomic mass is 32.2. The molecular formula is C23H34N4O2S. The molecule has 3 rings (SSSR count). The molecule has 7 heteroatoms. The number of carbonyl (C=O) groups excluding carboxylic acids is 1. The summed E-state index contributed by atoms with van der Waals surface area (Å²) in [4.78, 5) is 12.4. The Morgan fingerprint density at radius 1 is 1.17 bits per heavy atom. The average Bonchev–Trinajstić information content (AvgIpc) is 2.98. The third kappa shape index (κ3) is 6.49. The van der Waals surface area contributed by atoms with Crippen LogP contribution in [0.5, 0.6) is 5.75 Å². The predicted molar refractivity (Wildman–Crippen MR) is 122 cm³/mol. The van der Waals surface area contributed by atoms with Crippen molar-refractivity contribution in [1.82, 2.24) is 20.1 Å². The van der Waals surface area contributed by atoms with E-state index in [1.807, 2.05) is 24.3 Å². The topological polar surface area (TPSA) is 69.0 Å². The van der Waals surface area contributed by atoms with Gasteiger partial charge in [0.25, 0.3) is 0 Å². The number of amides is 1. The minimum Gasteiger partial charge on any atom is -0.493 e. The summed E-state index contributed by atoms with van der Waals surface area (Å²) in [5, 5.41) is 12.7. The van der Waals surface area contributed by atoms with E-state index in [1.54, 1.807) is 0 Å². The Bertz CT molecular complexity index is 796. The monoisotopic (exact) mass is 430 g/mol. The second-order valence-corrected chi connectivity index (χ2v) is 9.27. The summed E-state index contributed by atoms with van der Waals surface area (Å²) in [5.74, 6) is 2.63. The molecule has 0 saturated heterocycles. The normalized spacial score (nSPS) is 15.2. The van der Waals surface area contributed by atoms with Gasteiger partial charge >= 0.3 is 0 Å². The molecule has 1 saturated carbocycles. The summed E-state index contributed by atoms with van der Waals surface area (Å²) in [7, 11) is 0. The van der Waals surface area contributed by atoms with Gasteiger partial charge in [0.15, 0.2) is 11.0 Å². The van der Waals surface area contributed by atoms with E-state index < -0.39 is 0 Å². The lowest BCUT2D eigenvalue weighted by Crippen LogP contribution is -2.35. The Morgan fingerprint density at radius 3 is 2.50 bits per heavy atom. The number of aromatic nitrogens is 3. The Hall–Kier alpha value is -2.02. The van der Waals surface area contributed by atoms with Gasteiger partial charge in [-0.25, -0.2) is 0 Å². The smallest absolute Gasteiger partial charge is 0.230 e. The van der Waals surface area contributed by atoms with Crippen LogP contribution in [-0.4, -0.2) is 39.1 Å². The van der Waals surface area contributed by atoms with Crippen molar-refractivity contribution in [3.05, 3.63) is 24.3 Å². The highest BCUT2D eigenvalue weighted by Crippen LogP contribution is 2.26. The number of nitrogens with one attached hydrogen (secondary N) is 1. The van der Waals surface area contributed by atoms with Crippen LogP contribution in [-0.2, 0) is 11.3 Å². The molecule has 1 amide bonds. The van der Waals surface area contributed by atoms with Gasteiger partial charge in [0, 0.05) is 18.2 Å². The Labute approximate surface area is 184 Å². The van der Waals surface area contributed by atoms with Crippen molar-refractivity contribution in [2.24, 2.45) is 5.92 Å². The van der Waals surface area contributed by atoms with E-state index in [0.717, 1.165) is 41.7 Å². The third-order valence-corrected chi connectivity index (χ3v) is 6.25. The van der Waals surface area contributed by atoms with E-state index in [1.165, 1.54) is 37.4 Å². The first kappa shape index (κ1) is 22.7. The molecule has 1 N–H and O–H groups in total. The standard InChI is InChI=1S/C23H34N4O2S/c1-4-27-22(18-11-13-20(14-12-18)29-15-17(2)3)25-26-23(27)30-16-21(28)24-19-9-7-5-6-8-10-19/h11-14,17,19H,4-10,15-16H2,1-3H3,(H,24,28). The van der Waals surface area contributed by atoms with E-state index in [0.29, 0.717) is 24.3 Å². The fourth-order valence-corrected chi connectivity index (χ4v) is 4.49. The van der Waals surface area contributed by atoms with Crippen LogP contribution in [0.1, 0.15) is 59.3 Å². The number of hydrogen-bond acceptors (Lipinski definition) is 5. The predicted octanol–water partition coefficient (Wildman–Crippen LogP) is 4.93. The molecule has 1 aromatic carbocycles. The number of carbonyl (C=O) groups is 1. The first-order chi connectivity index (χ1) is 14.6. The summed E-state index contributed by atoms with van der Waals surface area (Å²) in [6.07, 6.45) is 7.20. The number of ether oxygens (including phenoxy) is 1. The van der Waals surface area contributed by atoms with Gasteiger partial charge in [0.1, 0.15) is 5.75 Å². The van der Waals surface area contributed by atoms with Gasteiger partial charge in [-0.1, -0.05) is 51.3 Å². The highest BCUT2D eigenvalue weighted by Gasteiger charge is 2.17. The molecule has 1 aliphatic rings. The summed E-state index contributed by atoms with van der Waals surface area (Å²) in [5.41, 5.74) is 0.996. The van der Waals surface area contributed by atoms with Gasteiger partial charge in [-0.2, -0.15) is 0 Å². The van der Waals surface area contributed by atoms with Crippen molar-refractivity contribution in [3.63, 3.8) is 0 Å². The largest absolute Gasteiger partial charge is 0.493 e. The van der Waals surface area contributed by atoms with Crippen LogP contribution in [0.25, 0.3) is 11.4 Å². The molecule has 6 nitrogen and oxygen atoms in total. The van der Waals surface area contributed by atoms with Crippen molar-refractivity contribution in [1.29, 1.82) is 0 Å². The molecule has 1 aromatic heterocycles. The molecule has 1 heterocycles. The molecule has 0 bridgehead atoms. The van der Waals surface area contributed by atoms with Crippen LogP contribution in [0.4, 0.5) is 0 Å². The second kappa shape index (κ2) is 11.4. The number of hydrogen-bond donors (Lipinski definition) is 1. The Kier molecular flexibility index (Phi) is 8.61. The molecule has 1 fully saturated rings. The van der Waals surface area contributed by atoms with Crippen LogP contribution in [0, 0.1) is 5.92 Å². The maximum Gasteiger partial charge on any atom is 0.230 e. The van der Waals surface area contributed by atoms with Crippen molar-refractivity contribution < 1.29 is 9.53 Å². The molecule has 0 atom stereocenters. The van der Waals surface area contributed by atoms with Gasteiger partial charge in [0.2, 0.25) is 5.91 Å². The Balaban J connectivity index is 1.59. The zero-order chi connectivity index (χ0) is 21.3. The number of nitrogens with zero attached hydrogens (tertiary/aromatic N) is 3.